The van der Waals surface area contributed by atoms with Crippen molar-refractivity contribution < 1.29 is 9.53 Å². The molecule has 1 amide bonds. The maximum Gasteiger partial charge on any atom is 0.251 e. The van der Waals surface area contributed by atoms with Crippen molar-refractivity contribution in [2.24, 2.45) is 0 Å². The number of halogens is 1. The summed E-state index contributed by atoms with van der Waals surface area (Å²) in [5.41, 5.74) is 1.95. The SMILES string of the molecule is COc1ccc(C(=O)N[C@@H]2CCN(Cc3ccccc3)C2)cc1Br. The van der Waals surface area contributed by atoms with Crippen LogP contribution in [-0.4, -0.2) is 37.0 Å². The van der Waals surface area contributed by atoms with E-state index in [1.54, 1.807) is 25.3 Å². The number of amides is 1. The molecule has 0 bridgehead atoms. The molecule has 24 heavy (non-hydrogen) atoms. The molecule has 3 rings (SSSR count). The molecule has 1 saturated heterocycles. The van der Waals surface area contributed by atoms with E-state index < -0.39 is 0 Å². The second-order valence-corrected chi connectivity index (χ2v) is 6.88. The number of nitrogens with zero attached hydrogens (tertiary/aromatic N) is 1. The number of benzene rings is 2. The van der Waals surface area contributed by atoms with Gasteiger partial charge in [0.2, 0.25) is 0 Å². The van der Waals surface area contributed by atoms with Gasteiger partial charge in [0.1, 0.15) is 5.75 Å². The van der Waals surface area contributed by atoms with Crippen LogP contribution in [0.1, 0.15) is 22.3 Å². The Bertz CT molecular complexity index is 706. The summed E-state index contributed by atoms with van der Waals surface area (Å²) in [5.74, 6) is 0.686. The molecule has 0 aliphatic carbocycles. The van der Waals surface area contributed by atoms with Crippen LogP contribution in [0.3, 0.4) is 0 Å². The first-order valence-electron chi connectivity index (χ1n) is 8.06. The highest BCUT2D eigenvalue weighted by Gasteiger charge is 2.24. The van der Waals surface area contributed by atoms with Crippen molar-refractivity contribution in [1.29, 1.82) is 0 Å². The third kappa shape index (κ3) is 4.16. The van der Waals surface area contributed by atoms with Crippen LogP contribution in [0.4, 0.5) is 0 Å². The zero-order valence-electron chi connectivity index (χ0n) is 13.7. The van der Waals surface area contributed by atoms with E-state index in [1.807, 2.05) is 6.07 Å². The molecule has 0 aromatic heterocycles. The minimum atomic E-state index is -0.0371. The molecular weight excluding hydrogens is 368 g/mol. The van der Waals surface area contributed by atoms with Crippen LogP contribution in [0.5, 0.6) is 5.75 Å². The summed E-state index contributed by atoms with van der Waals surface area (Å²) in [5, 5.41) is 3.13. The van der Waals surface area contributed by atoms with Crippen molar-refractivity contribution in [2.45, 2.75) is 19.0 Å². The fourth-order valence-corrected chi connectivity index (χ4v) is 3.55. The van der Waals surface area contributed by atoms with Gasteiger partial charge in [-0.2, -0.15) is 0 Å². The maximum absolute atomic E-state index is 12.4. The summed E-state index contributed by atoms with van der Waals surface area (Å²) < 4.78 is 5.99. The van der Waals surface area contributed by atoms with E-state index in [1.165, 1.54) is 5.56 Å². The van der Waals surface area contributed by atoms with Crippen molar-refractivity contribution >= 4 is 21.8 Å². The van der Waals surface area contributed by atoms with Gasteiger partial charge in [-0.15, -0.1) is 0 Å². The van der Waals surface area contributed by atoms with Gasteiger partial charge in [0.25, 0.3) is 5.91 Å². The second kappa shape index (κ2) is 7.81. The second-order valence-electron chi connectivity index (χ2n) is 6.03. The van der Waals surface area contributed by atoms with E-state index in [9.17, 15) is 4.79 Å². The highest BCUT2D eigenvalue weighted by molar-refractivity contribution is 9.10. The van der Waals surface area contributed by atoms with Crippen LogP contribution in [0, 0.1) is 0 Å². The molecule has 2 aromatic carbocycles. The first kappa shape index (κ1) is 17.0. The molecule has 0 spiro atoms. The third-order valence-electron chi connectivity index (χ3n) is 4.27. The Morgan fingerprint density at radius 2 is 2.08 bits per heavy atom. The van der Waals surface area contributed by atoms with Gasteiger partial charge >= 0.3 is 0 Å². The lowest BCUT2D eigenvalue weighted by Crippen LogP contribution is -2.37. The van der Waals surface area contributed by atoms with E-state index in [-0.39, 0.29) is 11.9 Å². The topological polar surface area (TPSA) is 41.6 Å². The molecular formula is C19H21BrN2O2. The molecule has 1 atom stereocenters. The number of nitrogens with one attached hydrogen (secondary N) is 1. The highest BCUT2D eigenvalue weighted by Crippen LogP contribution is 2.25. The van der Waals surface area contributed by atoms with Crippen molar-refractivity contribution in [1.82, 2.24) is 10.2 Å². The van der Waals surface area contributed by atoms with E-state index in [4.69, 9.17) is 4.74 Å². The van der Waals surface area contributed by atoms with E-state index in [0.29, 0.717) is 5.56 Å². The number of rotatable bonds is 5. The van der Waals surface area contributed by atoms with Crippen LogP contribution >= 0.6 is 15.9 Å². The molecule has 1 heterocycles. The quantitative estimate of drug-likeness (QED) is 0.852. The number of hydrogen-bond acceptors (Lipinski definition) is 3. The summed E-state index contributed by atoms with van der Waals surface area (Å²) in [6, 6.07) is 16.0. The predicted octanol–water partition coefficient (Wildman–Crippen LogP) is 3.46. The van der Waals surface area contributed by atoms with E-state index >= 15 is 0 Å². The van der Waals surface area contributed by atoms with Crippen molar-refractivity contribution in [3.8, 4) is 5.75 Å². The minimum absolute atomic E-state index is 0.0371. The molecule has 4 nitrogen and oxygen atoms in total. The lowest BCUT2D eigenvalue weighted by Gasteiger charge is -2.17. The van der Waals surface area contributed by atoms with Gasteiger partial charge in [0.05, 0.1) is 11.6 Å². The molecule has 0 unspecified atom stereocenters. The predicted molar refractivity (Wildman–Crippen MR) is 98.3 cm³/mol. The third-order valence-corrected chi connectivity index (χ3v) is 4.89. The summed E-state index contributed by atoms with van der Waals surface area (Å²) in [6.07, 6.45) is 0.982. The number of hydrogen-bond donors (Lipinski definition) is 1. The lowest BCUT2D eigenvalue weighted by molar-refractivity contribution is 0.0937. The molecule has 126 valence electrons. The first-order chi connectivity index (χ1) is 11.7. The molecule has 2 aromatic rings. The van der Waals surface area contributed by atoms with E-state index in [0.717, 1.165) is 36.3 Å². The van der Waals surface area contributed by atoms with Crippen molar-refractivity contribution in [3.05, 3.63) is 64.1 Å². The normalized spacial score (nSPS) is 17.7. The van der Waals surface area contributed by atoms with E-state index in [2.05, 4.69) is 50.4 Å². The number of carbonyl (C=O) groups is 1. The Balaban J connectivity index is 1.55. The summed E-state index contributed by atoms with van der Waals surface area (Å²) in [4.78, 5) is 14.8. The number of methoxy groups -OCH3 is 1. The van der Waals surface area contributed by atoms with Gasteiger partial charge in [-0.25, -0.2) is 0 Å². The fourth-order valence-electron chi connectivity index (χ4n) is 3.01. The van der Waals surface area contributed by atoms with Gasteiger partial charge < -0.3 is 10.1 Å². The Hall–Kier alpha value is -1.85. The van der Waals surface area contributed by atoms with Gasteiger partial charge in [-0.1, -0.05) is 30.3 Å². The Morgan fingerprint density at radius 1 is 1.29 bits per heavy atom. The lowest BCUT2D eigenvalue weighted by atomic mass is 10.2. The first-order valence-corrected chi connectivity index (χ1v) is 8.85. The fraction of sp³-hybridized carbons (Fsp3) is 0.316. The standard InChI is InChI=1S/C19H21BrN2O2/c1-24-18-8-7-15(11-17(18)20)19(23)21-16-9-10-22(13-16)12-14-5-3-2-4-6-14/h2-8,11,16H,9-10,12-13H2,1H3,(H,21,23)/t16-/m1/s1. The Labute approximate surface area is 150 Å². The monoisotopic (exact) mass is 388 g/mol. The largest absolute Gasteiger partial charge is 0.496 e. The van der Waals surface area contributed by atoms with Gasteiger partial charge in [0, 0.05) is 31.2 Å². The molecule has 1 N–H and O–H groups in total. The summed E-state index contributed by atoms with van der Waals surface area (Å²) >= 11 is 3.42. The van der Waals surface area contributed by atoms with Gasteiger partial charge in [0.15, 0.2) is 0 Å². The average Bonchev–Trinajstić information content (AvgIpc) is 3.02. The Morgan fingerprint density at radius 3 is 2.79 bits per heavy atom. The van der Waals surface area contributed by atoms with Gasteiger partial charge in [-0.05, 0) is 46.1 Å². The maximum atomic E-state index is 12.4. The Kier molecular flexibility index (Phi) is 5.53. The van der Waals surface area contributed by atoms with Crippen LogP contribution < -0.4 is 10.1 Å². The number of carbonyl (C=O) groups excluding carboxylic acids is 1. The number of ether oxygens (including phenoxy) is 1. The van der Waals surface area contributed by atoms with Crippen LogP contribution in [0.25, 0.3) is 0 Å². The molecule has 1 aliphatic rings. The zero-order chi connectivity index (χ0) is 16.9. The molecule has 0 saturated carbocycles. The molecule has 0 radical (unpaired) electrons. The van der Waals surface area contributed by atoms with Crippen LogP contribution in [0.15, 0.2) is 53.0 Å². The highest BCUT2D eigenvalue weighted by atomic mass is 79.9. The summed E-state index contributed by atoms with van der Waals surface area (Å²) in [7, 11) is 1.61. The van der Waals surface area contributed by atoms with Crippen LogP contribution in [-0.2, 0) is 6.54 Å². The molecule has 5 heteroatoms. The smallest absolute Gasteiger partial charge is 0.251 e. The van der Waals surface area contributed by atoms with Crippen LogP contribution in [0.2, 0.25) is 0 Å². The molecule has 1 aliphatic heterocycles. The summed E-state index contributed by atoms with van der Waals surface area (Å²) in [6.45, 7) is 2.82. The zero-order valence-corrected chi connectivity index (χ0v) is 15.3. The van der Waals surface area contributed by atoms with Crippen molar-refractivity contribution in [3.63, 3.8) is 0 Å². The van der Waals surface area contributed by atoms with Gasteiger partial charge in [-0.3, -0.25) is 9.69 Å². The molecule has 1 fully saturated rings. The van der Waals surface area contributed by atoms with Crippen molar-refractivity contribution in [2.75, 3.05) is 20.2 Å². The average molecular weight is 389 g/mol. The minimum Gasteiger partial charge on any atom is -0.496 e. The number of likely N-dealkylation sites (tertiary alicyclic amines) is 1.